The van der Waals surface area contributed by atoms with Gasteiger partial charge in [0.1, 0.15) is 11.9 Å². The average molecular weight is 289 g/mol. The number of para-hydroxylation sites is 1. The second kappa shape index (κ2) is 7.53. The van der Waals surface area contributed by atoms with E-state index >= 15 is 0 Å². The van der Waals surface area contributed by atoms with Crippen molar-refractivity contribution in [1.29, 1.82) is 0 Å². The predicted octanol–water partition coefficient (Wildman–Crippen LogP) is 4.12. The minimum absolute atomic E-state index is 0.161. The summed E-state index contributed by atoms with van der Waals surface area (Å²) in [5, 5.41) is 2.36. The highest BCUT2D eigenvalue weighted by atomic mass is 19.4. The van der Waals surface area contributed by atoms with E-state index in [1.54, 1.807) is 6.92 Å². The maximum atomic E-state index is 12.0. The van der Waals surface area contributed by atoms with E-state index in [4.69, 9.17) is 4.74 Å². The number of hydrogen-bond donors (Lipinski definition) is 1. The third-order valence-corrected chi connectivity index (χ3v) is 3.15. The molecule has 1 N–H and O–H groups in total. The van der Waals surface area contributed by atoms with E-state index in [9.17, 15) is 13.2 Å². The number of ether oxygens (including phenoxy) is 1. The van der Waals surface area contributed by atoms with Crippen molar-refractivity contribution in [3.05, 3.63) is 29.8 Å². The van der Waals surface area contributed by atoms with Crippen molar-refractivity contribution in [2.24, 2.45) is 0 Å². The lowest BCUT2D eigenvalue weighted by molar-refractivity contribution is -0.125. The van der Waals surface area contributed by atoms with Crippen LogP contribution in [-0.2, 0) is 0 Å². The molecule has 2 atom stereocenters. The van der Waals surface area contributed by atoms with E-state index in [-0.39, 0.29) is 12.6 Å². The molecule has 0 aliphatic rings. The van der Waals surface area contributed by atoms with E-state index in [0.29, 0.717) is 5.92 Å². The number of rotatable bonds is 7. The summed E-state index contributed by atoms with van der Waals surface area (Å²) < 4.78 is 41.9. The molecule has 0 amide bonds. The molecule has 2 nitrogen and oxygen atoms in total. The summed E-state index contributed by atoms with van der Waals surface area (Å²) in [7, 11) is 0. The number of benzene rings is 1. The van der Waals surface area contributed by atoms with Crippen LogP contribution in [-0.4, -0.2) is 25.4 Å². The maximum Gasteiger partial charge on any atom is 0.401 e. The average Bonchev–Trinajstić information content (AvgIpc) is 2.37. The smallest absolute Gasteiger partial charge is 0.401 e. The van der Waals surface area contributed by atoms with Crippen LogP contribution in [0.1, 0.15) is 38.7 Å². The summed E-state index contributed by atoms with van der Waals surface area (Å²) in [6, 6.07) is 7.68. The molecule has 0 fully saturated rings. The Kier molecular flexibility index (Phi) is 6.33. The van der Waals surface area contributed by atoms with Gasteiger partial charge in [-0.15, -0.1) is 0 Å². The zero-order valence-corrected chi connectivity index (χ0v) is 12.1. The minimum atomic E-state index is -4.19. The summed E-state index contributed by atoms with van der Waals surface area (Å²) in [6.07, 6.45) is -3.52. The van der Waals surface area contributed by atoms with Crippen molar-refractivity contribution >= 4 is 0 Å². The molecule has 2 unspecified atom stereocenters. The van der Waals surface area contributed by atoms with Crippen LogP contribution in [0.25, 0.3) is 0 Å². The van der Waals surface area contributed by atoms with E-state index in [1.807, 2.05) is 24.3 Å². The molecule has 0 aliphatic heterocycles. The highest BCUT2D eigenvalue weighted by Crippen LogP contribution is 2.29. The van der Waals surface area contributed by atoms with Crippen LogP contribution in [0.3, 0.4) is 0 Å². The van der Waals surface area contributed by atoms with Crippen molar-refractivity contribution in [2.45, 2.75) is 45.4 Å². The van der Waals surface area contributed by atoms with Crippen molar-refractivity contribution < 1.29 is 17.9 Å². The number of halogens is 3. The minimum Gasteiger partial charge on any atom is -0.489 e. The molecule has 1 aromatic carbocycles. The van der Waals surface area contributed by atoms with Gasteiger partial charge in [-0.3, -0.25) is 0 Å². The lowest BCUT2D eigenvalue weighted by Gasteiger charge is -2.20. The summed E-state index contributed by atoms with van der Waals surface area (Å²) >= 11 is 0. The van der Waals surface area contributed by atoms with Crippen molar-refractivity contribution in [1.82, 2.24) is 5.32 Å². The van der Waals surface area contributed by atoms with E-state index < -0.39 is 12.7 Å². The van der Waals surface area contributed by atoms with Crippen LogP contribution >= 0.6 is 0 Å². The molecule has 0 saturated heterocycles. The Morgan fingerprint density at radius 2 is 1.85 bits per heavy atom. The first-order valence-corrected chi connectivity index (χ1v) is 6.86. The van der Waals surface area contributed by atoms with Crippen LogP contribution in [0.2, 0.25) is 0 Å². The second-order valence-corrected chi connectivity index (χ2v) is 5.02. The standard InChI is InChI=1S/C15H22F3NO/c1-4-11(2)13-7-5-6-8-14(13)20-12(3)9-19-10-15(16,17)18/h5-8,11-12,19H,4,9-10H2,1-3H3. The first-order valence-electron chi connectivity index (χ1n) is 6.86. The molecular formula is C15H22F3NO. The Morgan fingerprint density at radius 1 is 1.20 bits per heavy atom. The van der Waals surface area contributed by atoms with E-state index in [1.165, 1.54) is 0 Å². The molecule has 0 spiro atoms. The van der Waals surface area contributed by atoms with E-state index in [2.05, 4.69) is 19.2 Å². The second-order valence-electron chi connectivity index (χ2n) is 5.02. The third kappa shape index (κ3) is 5.82. The van der Waals surface area contributed by atoms with Crippen molar-refractivity contribution in [2.75, 3.05) is 13.1 Å². The molecule has 1 aromatic rings. The van der Waals surface area contributed by atoms with Gasteiger partial charge in [0.15, 0.2) is 0 Å². The predicted molar refractivity (Wildman–Crippen MR) is 74.2 cm³/mol. The fraction of sp³-hybridized carbons (Fsp3) is 0.600. The van der Waals surface area contributed by atoms with Crippen LogP contribution in [0, 0.1) is 0 Å². The van der Waals surface area contributed by atoms with Crippen LogP contribution < -0.4 is 10.1 Å². The monoisotopic (exact) mass is 289 g/mol. The zero-order valence-electron chi connectivity index (χ0n) is 12.1. The van der Waals surface area contributed by atoms with Gasteiger partial charge in [0.05, 0.1) is 6.54 Å². The Morgan fingerprint density at radius 3 is 2.45 bits per heavy atom. The molecule has 0 radical (unpaired) electrons. The largest absolute Gasteiger partial charge is 0.489 e. The maximum absolute atomic E-state index is 12.0. The summed E-state index contributed by atoms with van der Waals surface area (Å²) in [5.74, 6) is 1.12. The topological polar surface area (TPSA) is 21.3 Å². The molecule has 20 heavy (non-hydrogen) atoms. The molecule has 0 aromatic heterocycles. The Bertz CT molecular complexity index is 406. The van der Waals surface area contributed by atoms with Gasteiger partial charge >= 0.3 is 6.18 Å². The Hall–Kier alpha value is -1.23. The summed E-state index contributed by atoms with van der Waals surface area (Å²) in [6.45, 7) is 5.13. The third-order valence-electron chi connectivity index (χ3n) is 3.15. The normalized spacial score (nSPS) is 14.9. The molecule has 0 heterocycles. The van der Waals surface area contributed by atoms with Gasteiger partial charge in [-0.05, 0) is 30.9 Å². The van der Waals surface area contributed by atoms with Gasteiger partial charge < -0.3 is 10.1 Å². The zero-order chi connectivity index (χ0) is 15.2. The van der Waals surface area contributed by atoms with Gasteiger partial charge in [-0.1, -0.05) is 32.0 Å². The van der Waals surface area contributed by atoms with Crippen LogP contribution in [0.4, 0.5) is 13.2 Å². The first-order chi connectivity index (χ1) is 9.33. The molecule has 5 heteroatoms. The number of alkyl halides is 3. The van der Waals surface area contributed by atoms with E-state index in [0.717, 1.165) is 17.7 Å². The van der Waals surface area contributed by atoms with Gasteiger partial charge in [-0.25, -0.2) is 0 Å². The molecule has 0 saturated carbocycles. The fourth-order valence-electron chi connectivity index (χ4n) is 1.89. The van der Waals surface area contributed by atoms with Gasteiger partial charge in [-0.2, -0.15) is 13.2 Å². The molecule has 0 aliphatic carbocycles. The quantitative estimate of drug-likeness (QED) is 0.815. The number of hydrogen-bond acceptors (Lipinski definition) is 2. The summed E-state index contributed by atoms with van der Waals surface area (Å²) in [4.78, 5) is 0. The van der Waals surface area contributed by atoms with Gasteiger partial charge in [0.2, 0.25) is 0 Å². The van der Waals surface area contributed by atoms with Gasteiger partial charge in [0.25, 0.3) is 0 Å². The lowest BCUT2D eigenvalue weighted by Crippen LogP contribution is -2.35. The summed E-state index contributed by atoms with van der Waals surface area (Å²) in [5.41, 5.74) is 1.10. The highest BCUT2D eigenvalue weighted by molar-refractivity contribution is 5.36. The number of nitrogens with one attached hydrogen (secondary N) is 1. The lowest BCUT2D eigenvalue weighted by atomic mass is 9.98. The van der Waals surface area contributed by atoms with Crippen molar-refractivity contribution in [3.63, 3.8) is 0 Å². The van der Waals surface area contributed by atoms with Crippen LogP contribution in [0.15, 0.2) is 24.3 Å². The highest BCUT2D eigenvalue weighted by Gasteiger charge is 2.26. The molecule has 0 bridgehead atoms. The SMILES string of the molecule is CCC(C)c1ccccc1OC(C)CNCC(F)(F)F. The Balaban J connectivity index is 2.55. The van der Waals surface area contributed by atoms with Crippen molar-refractivity contribution in [3.8, 4) is 5.75 Å². The molecule has 1 rings (SSSR count). The Labute approximate surface area is 118 Å². The molecular weight excluding hydrogens is 267 g/mol. The van der Waals surface area contributed by atoms with Crippen LogP contribution in [0.5, 0.6) is 5.75 Å². The van der Waals surface area contributed by atoms with Gasteiger partial charge in [0, 0.05) is 6.54 Å². The fourth-order valence-corrected chi connectivity index (χ4v) is 1.89. The first kappa shape index (κ1) is 16.8. The molecule has 114 valence electrons.